The van der Waals surface area contributed by atoms with Gasteiger partial charge in [0.25, 0.3) is 0 Å². The molecule has 0 amide bonds. The molecule has 2 rings (SSSR count). The summed E-state index contributed by atoms with van der Waals surface area (Å²) in [5.41, 5.74) is 11.3. The minimum atomic E-state index is 0. The largest absolute Gasteiger partial charge is 0.320 e. The van der Waals surface area contributed by atoms with Crippen LogP contribution in [0.3, 0.4) is 0 Å². The van der Waals surface area contributed by atoms with Crippen molar-refractivity contribution in [1.29, 1.82) is 0 Å². The van der Waals surface area contributed by atoms with Crippen LogP contribution in [-0.2, 0) is 0 Å². The highest BCUT2D eigenvalue weighted by atomic mass is 35.5. The lowest BCUT2D eigenvalue weighted by atomic mass is 9.93. The third-order valence-electron chi connectivity index (χ3n) is 2.76. The van der Waals surface area contributed by atoms with Gasteiger partial charge in [-0.1, -0.05) is 18.2 Å². The topological polar surface area (TPSA) is 26.0 Å². The third-order valence-corrected chi connectivity index (χ3v) is 3.46. The summed E-state index contributed by atoms with van der Waals surface area (Å²) in [6.07, 6.45) is 0. The molecule has 0 saturated heterocycles. The third kappa shape index (κ3) is 2.46. The van der Waals surface area contributed by atoms with Gasteiger partial charge in [-0.25, -0.2) is 0 Å². The Bertz CT molecular complexity index is 431. The minimum absolute atomic E-state index is 0. The standard InChI is InChI=1S/C13H15NS.ClH/c1-9-4-3-5-10(2)12(9)13(14)11-6-7-15-8-11;/h3-8,13H,14H2,1-2H3;1H/t13-;/m1./s1. The molecule has 0 aliphatic rings. The minimum Gasteiger partial charge on any atom is -0.320 e. The molecule has 0 bridgehead atoms. The summed E-state index contributed by atoms with van der Waals surface area (Å²) in [7, 11) is 0. The number of benzene rings is 1. The van der Waals surface area contributed by atoms with Crippen molar-refractivity contribution < 1.29 is 0 Å². The molecular weight excluding hydrogens is 238 g/mol. The van der Waals surface area contributed by atoms with Crippen molar-refractivity contribution >= 4 is 23.7 Å². The molecule has 1 atom stereocenters. The summed E-state index contributed by atoms with van der Waals surface area (Å²) in [5.74, 6) is 0. The summed E-state index contributed by atoms with van der Waals surface area (Å²) in [4.78, 5) is 0. The van der Waals surface area contributed by atoms with Crippen LogP contribution in [0.4, 0.5) is 0 Å². The van der Waals surface area contributed by atoms with Crippen molar-refractivity contribution in [2.24, 2.45) is 5.73 Å². The Labute approximate surface area is 107 Å². The predicted molar refractivity (Wildman–Crippen MR) is 73.5 cm³/mol. The highest BCUT2D eigenvalue weighted by molar-refractivity contribution is 7.08. The van der Waals surface area contributed by atoms with Crippen molar-refractivity contribution in [1.82, 2.24) is 0 Å². The number of aryl methyl sites for hydroxylation is 2. The molecule has 1 aromatic heterocycles. The molecule has 0 aliphatic carbocycles. The van der Waals surface area contributed by atoms with E-state index in [1.807, 2.05) is 0 Å². The van der Waals surface area contributed by atoms with Crippen molar-refractivity contribution in [3.05, 3.63) is 57.3 Å². The second kappa shape index (κ2) is 5.48. The molecule has 0 spiro atoms. The molecule has 0 fully saturated rings. The van der Waals surface area contributed by atoms with Crippen LogP contribution >= 0.6 is 23.7 Å². The van der Waals surface area contributed by atoms with E-state index in [4.69, 9.17) is 5.73 Å². The lowest BCUT2D eigenvalue weighted by molar-refractivity contribution is 0.856. The van der Waals surface area contributed by atoms with Crippen LogP contribution in [0.1, 0.15) is 28.3 Å². The van der Waals surface area contributed by atoms with E-state index >= 15 is 0 Å². The summed E-state index contributed by atoms with van der Waals surface area (Å²) in [5, 5.41) is 4.19. The SMILES string of the molecule is Cc1cccc(C)c1[C@H](N)c1ccsc1.Cl. The molecule has 0 saturated carbocycles. The first kappa shape index (κ1) is 13.2. The van der Waals surface area contributed by atoms with Gasteiger partial charge in [-0.3, -0.25) is 0 Å². The average molecular weight is 254 g/mol. The van der Waals surface area contributed by atoms with Gasteiger partial charge in [0, 0.05) is 0 Å². The van der Waals surface area contributed by atoms with Crippen LogP contribution in [0.25, 0.3) is 0 Å². The summed E-state index contributed by atoms with van der Waals surface area (Å²) in [6, 6.07) is 8.43. The van der Waals surface area contributed by atoms with Crippen molar-refractivity contribution in [2.75, 3.05) is 0 Å². The lowest BCUT2D eigenvalue weighted by Gasteiger charge is -2.16. The number of thiophene rings is 1. The van der Waals surface area contributed by atoms with Crippen LogP contribution in [0, 0.1) is 13.8 Å². The Kier molecular flexibility index (Phi) is 4.54. The Morgan fingerprint density at radius 3 is 2.25 bits per heavy atom. The molecule has 2 aromatic rings. The zero-order valence-electron chi connectivity index (χ0n) is 9.44. The van der Waals surface area contributed by atoms with Crippen molar-refractivity contribution in [3.8, 4) is 0 Å². The van der Waals surface area contributed by atoms with Gasteiger partial charge < -0.3 is 5.73 Å². The number of rotatable bonds is 2. The second-order valence-corrected chi connectivity index (χ2v) is 4.62. The zero-order chi connectivity index (χ0) is 10.8. The number of hydrogen-bond donors (Lipinski definition) is 1. The fourth-order valence-electron chi connectivity index (χ4n) is 1.94. The molecule has 0 unspecified atom stereocenters. The maximum atomic E-state index is 6.27. The summed E-state index contributed by atoms with van der Waals surface area (Å²) in [6.45, 7) is 4.24. The van der Waals surface area contributed by atoms with Crippen LogP contribution in [0.15, 0.2) is 35.0 Å². The van der Waals surface area contributed by atoms with E-state index in [1.54, 1.807) is 11.3 Å². The smallest absolute Gasteiger partial charge is 0.0565 e. The first-order chi connectivity index (χ1) is 7.20. The monoisotopic (exact) mass is 253 g/mol. The maximum Gasteiger partial charge on any atom is 0.0565 e. The van der Waals surface area contributed by atoms with Crippen LogP contribution in [-0.4, -0.2) is 0 Å². The van der Waals surface area contributed by atoms with Gasteiger partial charge in [0.1, 0.15) is 0 Å². The normalized spacial score (nSPS) is 11.9. The van der Waals surface area contributed by atoms with Crippen molar-refractivity contribution in [2.45, 2.75) is 19.9 Å². The van der Waals surface area contributed by atoms with Gasteiger partial charge in [0.05, 0.1) is 6.04 Å². The highest BCUT2D eigenvalue weighted by Crippen LogP contribution is 2.26. The van der Waals surface area contributed by atoms with Gasteiger partial charge in [-0.2, -0.15) is 11.3 Å². The van der Waals surface area contributed by atoms with E-state index < -0.39 is 0 Å². The van der Waals surface area contributed by atoms with Gasteiger partial charge in [-0.05, 0) is 52.9 Å². The average Bonchev–Trinajstić information content (AvgIpc) is 2.69. The van der Waals surface area contributed by atoms with Gasteiger partial charge >= 0.3 is 0 Å². The summed E-state index contributed by atoms with van der Waals surface area (Å²) < 4.78 is 0. The molecule has 0 radical (unpaired) electrons. The van der Waals surface area contributed by atoms with Crippen LogP contribution < -0.4 is 5.73 Å². The Balaban J connectivity index is 0.00000128. The number of hydrogen-bond acceptors (Lipinski definition) is 2. The fourth-order valence-corrected chi connectivity index (χ4v) is 2.63. The van der Waals surface area contributed by atoms with E-state index in [0.717, 1.165) is 0 Å². The lowest BCUT2D eigenvalue weighted by Crippen LogP contribution is -2.13. The number of nitrogens with two attached hydrogens (primary N) is 1. The maximum absolute atomic E-state index is 6.27. The molecule has 1 nitrogen and oxygen atoms in total. The Hall–Kier alpha value is -0.830. The molecule has 16 heavy (non-hydrogen) atoms. The van der Waals surface area contributed by atoms with E-state index in [2.05, 4.69) is 48.9 Å². The first-order valence-corrected chi connectivity index (χ1v) is 5.98. The fraction of sp³-hybridized carbons (Fsp3) is 0.231. The molecule has 0 aliphatic heterocycles. The molecule has 86 valence electrons. The molecule has 2 N–H and O–H groups in total. The second-order valence-electron chi connectivity index (χ2n) is 3.84. The van der Waals surface area contributed by atoms with Crippen molar-refractivity contribution in [3.63, 3.8) is 0 Å². The summed E-state index contributed by atoms with van der Waals surface area (Å²) >= 11 is 1.69. The van der Waals surface area contributed by atoms with Gasteiger partial charge in [-0.15, -0.1) is 12.4 Å². The predicted octanol–water partition coefficient (Wildman–Crippen LogP) is 3.83. The van der Waals surface area contributed by atoms with E-state index in [0.29, 0.717) is 0 Å². The van der Waals surface area contributed by atoms with E-state index in [9.17, 15) is 0 Å². The van der Waals surface area contributed by atoms with Crippen LogP contribution in [0.5, 0.6) is 0 Å². The quantitative estimate of drug-likeness (QED) is 0.865. The van der Waals surface area contributed by atoms with Crippen LogP contribution in [0.2, 0.25) is 0 Å². The van der Waals surface area contributed by atoms with Gasteiger partial charge in [0.15, 0.2) is 0 Å². The Morgan fingerprint density at radius 1 is 1.12 bits per heavy atom. The molecule has 1 aromatic carbocycles. The molecular formula is C13H16ClNS. The zero-order valence-corrected chi connectivity index (χ0v) is 11.1. The molecule has 1 heterocycles. The molecule has 3 heteroatoms. The van der Waals surface area contributed by atoms with E-state index in [1.165, 1.54) is 22.3 Å². The van der Waals surface area contributed by atoms with E-state index in [-0.39, 0.29) is 18.4 Å². The number of halogens is 1. The van der Waals surface area contributed by atoms with Gasteiger partial charge in [0.2, 0.25) is 0 Å². The Morgan fingerprint density at radius 2 is 1.75 bits per heavy atom. The first-order valence-electron chi connectivity index (χ1n) is 5.04. The highest BCUT2D eigenvalue weighted by Gasteiger charge is 2.13.